The fraction of sp³-hybridized carbons (Fsp3) is 0.207. The Morgan fingerprint density at radius 1 is 0.865 bits per heavy atom. The number of hydrogen-bond donors (Lipinski definition) is 0. The van der Waals surface area contributed by atoms with Gasteiger partial charge in [-0.1, -0.05) is 54.1 Å². The molecule has 190 valence electrons. The molecule has 4 rings (SSSR count). The van der Waals surface area contributed by atoms with E-state index in [0.717, 1.165) is 22.3 Å². The zero-order chi connectivity index (χ0) is 26.7. The van der Waals surface area contributed by atoms with E-state index in [-0.39, 0.29) is 16.5 Å². The zero-order valence-electron chi connectivity index (χ0n) is 21.5. The Bertz CT molecular complexity index is 1540. The van der Waals surface area contributed by atoms with E-state index in [0.29, 0.717) is 17.3 Å². The number of carbonyl (C=O) groups is 1. The molecule has 0 bridgehead atoms. The van der Waals surface area contributed by atoms with Gasteiger partial charge in [-0.05, 0) is 56.2 Å². The Balaban J connectivity index is 1.75. The van der Waals surface area contributed by atoms with E-state index in [2.05, 4.69) is 9.97 Å². The molecular formula is C29H29N3O4S. The highest BCUT2D eigenvalue weighted by molar-refractivity contribution is 7.92. The van der Waals surface area contributed by atoms with Gasteiger partial charge in [0.05, 0.1) is 11.3 Å². The smallest absolute Gasteiger partial charge is 0.230 e. The summed E-state index contributed by atoms with van der Waals surface area (Å²) < 4.78 is 32.5. The third-order valence-corrected chi connectivity index (χ3v) is 7.35. The van der Waals surface area contributed by atoms with E-state index < -0.39 is 21.4 Å². The van der Waals surface area contributed by atoms with Gasteiger partial charge in [0.1, 0.15) is 17.3 Å². The first-order chi connectivity index (χ1) is 17.5. The van der Waals surface area contributed by atoms with Crippen LogP contribution in [0.2, 0.25) is 0 Å². The van der Waals surface area contributed by atoms with Crippen LogP contribution in [0.1, 0.15) is 27.0 Å². The number of aryl methyl sites for hydroxylation is 3. The third-order valence-electron chi connectivity index (χ3n) is 5.84. The zero-order valence-corrected chi connectivity index (χ0v) is 22.3. The van der Waals surface area contributed by atoms with Gasteiger partial charge >= 0.3 is 0 Å². The molecule has 0 fully saturated rings. The Morgan fingerprint density at radius 2 is 1.54 bits per heavy atom. The minimum absolute atomic E-state index is 0.0617. The standard InChI is InChI=1S/C29H29N3O4S/c1-19-16-20(2)28(21(3)17-19)36-29-23(14-15-24(30-29)22-10-7-6-8-11-22)25(33)18-37(34,35)27-13-9-12-26(31-27)32(4)5/h6-17H,18H2,1-5H3. The number of Topliss-reactive ketones (excluding diaryl/α,β-unsaturated/α-hetero) is 1. The number of hydrogen-bond acceptors (Lipinski definition) is 7. The maximum Gasteiger partial charge on any atom is 0.230 e. The molecule has 8 heteroatoms. The highest BCUT2D eigenvalue weighted by Gasteiger charge is 2.26. The molecule has 0 atom stereocenters. The van der Waals surface area contributed by atoms with Crippen molar-refractivity contribution in [3.8, 4) is 22.9 Å². The summed E-state index contributed by atoms with van der Waals surface area (Å²) in [5.41, 5.74) is 4.41. The van der Waals surface area contributed by atoms with Crippen LogP contribution in [0.15, 0.2) is 77.8 Å². The minimum Gasteiger partial charge on any atom is -0.438 e. The summed E-state index contributed by atoms with van der Waals surface area (Å²) in [5, 5.41) is -0.159. The molecule has 2 aromatic carbocycles. The second-order valence-electron chi connectivity index (χ2n) is 9.16. The van der Waals surface area contributed by atoms with Crippen molar-refractivity contribution in [3.63, 3.8) is 0 Å². The van der Waals surface area contributed by atoms with E-state index >= 15 is 0 Å². The topological polar surface area (TPSA) is 89.5 Å². The monoisotopic (exact) mass is 515 g/mol. The largest absolute Gasteiger partial charge is 0.438 e. The van der Waals surface area contributed by atoms with Gasteiger partial charge in [0.15, 0.2) is 10.8 Å². The predicted molar refractivity (Wildman–Crippen MR) is 145 cm³/mol. The number of carbonyl (C=O) groups excluding carboxylic acids is 1. The number of aromatic nitrogens is 2. The predicted octanol–water partition coefficient (Wildman–Crippen LogP) is 5.58. The van der Waals surface area contributed by atoms with Gasteiger partial charge in [0.2, 0.25) is 15.7 Å². The summed E-state index contributed by atoms with van der Waals surface area (Å²) in [5.74, 6) is -0.253. The molecule has 0 spiro atoms. The van der Waals surface area contributed by atoms with Gasteiger partial charge in [-0.25, -0.2) is 18.4 Å². The lowest BCUT2D eigenvalue weighted by atomic mass is 10.1. The van der Waals surface area contributed by atoms with E-state index in [9.17, 15) is 13.2 Å². The van der Waals surface area contributed by atoms with Crippen LogP contribution in [0.25, 0.3) is 11.3 Å². The van der Waals surface area contributed by atoms with Gasteiger partial charge in [0.25, 0.3) is 0 Å². The molecule has 0 aliphatic carbocycles. The summed E-state index contributed by atoms with van der Waals surface area (Å²) >= 11 is 0. The summed E-state index contributed by atoms with van der Waals surface area (Å²) in [6.07, 6.45) is 0. The average molecular weight is 516 g/mol. The summed E-state index contributed by atoms with van der Waals surface area (Å²) in [6, 6.07) is 21.4. The van der Waals surface area contributed by atoms with Crippen molar-refractivity contribution in [1.29, 1.82) is 0 Å². The number of anilines is 1. The lowest BCUT2D eigenvalue weighted by Crippen LogP contribution is -2.20. The SMILES string of the molecule is Cc1cc(C)c(Oc2nc(-c3ccccc3)ccc2C(=O)CS(=O)(=O)c2cccc(N(C)C)n2)c(C)c1. The third kappa shape index (κ3) is 5.86. The number of benzene rings is 2. The van der Waals surface area contributed by atoms with Crippen molar-refractivity contribution in [1.82, 2.24) is 9.97 Å². The number of sulfone groups is 1. The molecule has 0 radical (unpaired) electrons. The number of ketones is 1. The van der Waals surface area contributed by atoms with Gasteiger partial charge in [0, 0.05) is 19.7 Å². The first kappa shape index (κ1) is 26.0. The highest BCUT2D eigenvalue weighted by Crippen LogP contribution is 2.33. The van der Waals surface area contributed by atoms with Crippen molar-refractivity contribution < 1.29 is 17.9 Å². The summed E-state index contributed by atoms with van der Waals surface area (Å²) in [4.78, 5) is 23.9. The normalized spacial score (nSPS) is 11.3. The molecule has 37 heavy (non-hydrogen) atoms. The molecule has 0 N–H and O–H groups in total. The van der Waals surface area contributed by atoms with Crippen molar-refractivity contribution in [2.45, 2.75) is 25.8 Å². The van der Waals surface area contributed by atoms with Crippen LogP contribution in [0, 0.1) is 20.8 Å². The molecule has 2 aromatic heterocycles. The molecule has 4 aromatic rings. The molecule has 0 unspecified atom stereocenters. The van der Waals surface area contributed by atoms with Crippen molar-refractivity contribution in [2.24, 2.45) is 0 Å². The highest BCUT2D eigenvalue weighted by atomic mass is 32.2. The minimum atomic E-state index is -4.01. The molecular weight excluding hydrogens is 486 g/mol. The van der Waals surface area contributed by atoms with Gasteiger partial charge in [-0.3, -0.25) is 4.79 Å². The molecule has 7 nitrogen and oxygen atoms in total. The number of pyridine rings is 2. The average Bonchev–Trinajstić information content (AvgIpc) is 2.86. The van der Waals surface area contributed by atoms with Crippen LogP contribution in [-0.2, 0) is 9.84 Å². The molecule has 0 amide bonds. The van der Waals surface area contributed by atoms with E-state index in [1.54, 1.807) is 43.3 Å². The summed E-state index contributed by atoms with van der Waals surface area (Å²) in [6.45, 7) is 5.84. The van der Waals surface area contributed by atoms with Crippen LogP contribution < -0.4 is 9.64 Å². The van der Waals surface area contributed by atoms with E-state index in [4.69, 9.17) is 4.74 Å². The van der Waals surface area contributed by atoms with Gasteiger partial charge < -0.3 is 9.64 Å². The Kier molecular flexibility index (Phi) is 7.40. The van der Waals surface area contributed by atoms with Crippen LogP contribution in [0.3, 0.4) is 0 Å². The van der Waals surface area contributed by atoms with Gasteiger partial charge in [-0.2, -0.15) is 0 Å². The molecule has 0 saturated heterocycles. The molecule has 0 aliphatic heterocycles. The van der Waals surface area contributed by atoms with Crippen molar-refractivity contribution >= 4 is 21.4 Å². The van der Waals surface area contributed by atoms with Crippen molar-refractivity contribution in [3.05, 3.63) is 95.1 Å². The second-order valence-corrected chi connectivity index (χ2v) is 11.1. The van der Waals surface area contributed by atoms with Crippen LogP contribution >= 0.6 is 0 Å². The van der Waals surface area contributed by atoms with Crippen LogP contribution in [0.5, 0.6) is 11.6 Å². The fourth-order valence-electron chi connectivity index (χ4n) is 4.08. The quantitative estimate of drug-likeness (QED) is 0.283. The molecule has 0 saturated carbocycles. The van der Waals surface area contributed by atoms with E-state index in [1.807, 2.05) is 63.2 Å². The van der Waals surface area contributed by atoms with Crippen molar-refractivity contribution in [2.75, 3.05) is 24.7 Å². The molecule has 2 heterocycles. The van der Waals surface area contributed by atoms with E-state index in [1.165, 1.54) is 6.07 Å². The summed E-state index contributed by atoms with van der Waals surface area (Å²) in [7, 11) is -0.475. The Labute approximate surface area is 217 Å². The lowest BCUT2D eigenvalue weighted by molar-refractivity contribution is 0.101. The van der Waals surface area contributed by atoms with Gasteiger partial charge in [-0.15, -0.1) is 0 Å². The van der Waals surface area contributed by atoms with Crippen LogP contribution in [-0.4, -0.2) is 44.0 Å². The number of rotatable bonds is 8. The number of ether oxygens (including phenoxy) is 1. The number of nitrogens with zero attached hydrogens (tertiary/aromatic N) is 3. The van der Waals surface area contributed by atoms with Crippen LogP contribution in [0.4, 0.5) is 5.82 Å². The first-order valence-corrected chi connectivity index (χ1v) is 13.4. The second kappa shape index (κ2) is 10.5. The maximum absolute atomic E-state index is 13.4. The molecule has 0 aliphatic rings. The Hall–Kier alpha value is -4.04. The lowest BCUT2D eigenvalue weighted by Gasteiger charge is -2.16. The fourth-order valence-corrected chi connectivity index (χ4v) is 5.24. The first-order valence-electron chi connectivity index (χ1n) is 11.8. The Morgan fingerprint density at radius 3 is 2.19 bits per heavy atom. The maximum atomic E-state index is 13.4.